The molecule has 0 radical (unpaired) electrons. The Morgan fingerprint density at radius 1 is 0.750 bits per heavy atom. The smallest absolute Gasteiger partial charge is 0.335 e. The van der Waals surface area contributed by atoms with Gasteiger partial charge in [-0.05, 0) is 78.2 Å². The maximum atomic E-state index is 13.2. The van der Waals surface area contributed by atoms with E-state index in [0.717, 1.165) is 16.0 Å². The molecule has 1 aliphatic heterocycles. The van der Waals surface area contributed by atoms with Crippen LogP contribution >= 0.6 is 34.8 Å². The highest BCUT2D eigenvalue weighted by molar-refractivity contribution is 6.40. The number of carbonyl (C=O) groups is 3. The van der Waals surface area contributed by atoms with Crippen molar-refractivity contribution in [3.63, 3.8) is 0 Å². The minimum atomic E-state index is -0.873. The van der Waals surface area contributed by atoms with Crippen molar-refractivity contribution in [1.82, 2.24) is 5.32 Å². The molecular weight excluding hydrogens is 627 g/mol. The van der Waals surface area contributed by atoms with Gasteiger partial charge >= 0.3 is 6.03 Å². The molecule has 0 saturated carbocycles. The molecule has 11 heteroatoms. The van der Waals surface area contributed by atoms with Crippen LogP contribution in [0.4, 0.5) is 10.5 Å². The predicted octanol–water partition coefficient (Wildman–Crippen LogP) is 7.87. The first kappa shape index (κ1) is 30.9. The normalized spacial score (nSPS) is 14.0. The summed E-state index contributed by atoms with van der Waals surface area (Å²) in [6.07, 6.45) is 1.30. The standard InChI is InChI=1S/C33H25Cl3N2O6/c1-2-42-29-17-21(8-13-28(29)43-18-20-6-4-3-5-7-20)19-44-30-26(35)15-22(16-27(30)36)14-25-31(39)37-33(41)38(32(25)40)24-11-9-23(34)10-12-24/h3-17H,2,18-19H2,1H3,(H,37,39,41)/b25-14-. The van der Waals surface area contributed by atoms with E-state index in [9.17, 15) is 14.4 Å². The number of nitrogens with zero attached hydrogens (tertiary/aromatic N) is 1. The van der Waals surface area contributed by atoms with Crippen molar-refractivity contribution >= 4 is 64.4 Å². The second-order valence-corrected chi connectivity index (χ2v) is 10.8. The lowest BCUT2D eigenvalue weighted by Crippen LogP contribution is -2.54. The number of hydrogen-bond donors (Lipinski definition) is 1. The summed E-state index contributed by atoms with van der Waals surface area (Å²) in [5.74, 6) is -0.264. The Labute approximate surface area is 268 Å². The Morgan fingerprint density at radius 3 is 2.11 bits per heavy atom. The highest BCUT2D eigenvalue weighted by Crippen LogP contribution is 2.37. The van der Waals surface area contributed by atoms with Crippen molar-refractivity contribution in [1.29, 1.82) is 0 Å². The molecule has 1 heterocycles. The van der Waals surface area contributed by atoms with Gasteiger partial charge in [0, 0.05) is 5.02 Å². The van der Waals surface area contributed by atoms with E-state index in [4.69, 9.17) is 49.0 Å². The van der Waals surface area contributed by atoms with Crippen molar-refractivity contribution < 1.29 is 28.6 Å². The molecule has 0 spiro atoms. The zero-order valence-electron chi connectivity index (χ0n) is 23.3. The molecule has 4 aromatic rings. The molecule has 8 nitrogen and oxygen atoms in total. The third kappa shape index (κ3) is 7.17. The molecule has 44 heavy (non-hydrogen) atoms. The van der Waals surface area contributed by atoms with E-state index in [1.165, 1.54) is 42.5 Å². The number of imide groups is 2. The maximum Gasteiger partial charge on any atom is 0.335 e. The number of hydrogen-bond acceptors (Lipinski definition) is 6. The fourth-order valence-corrected chi connectivity index (χ4v) is 5.11. The van der Waals surface area contributed by atoms with Crippen LogP contribution in [-0.4, -0.2) is 24.5 Å². The predicted molar refractivity (Wildman–Crippen MR) is 170 cm³/mol. The van der Waals surface area contributed by atoms with Crippen LogP contribution in [0.3, 0.4) is 0 Å². The van der Waals surface area contributed by atoms with Gasteiger partial charge in [0.15, 0.2) is 17.2 Å². The molecular formula is C33H25Cl3N2O6. The summed E-state index contributed by atoms with van der Waals surface area (Å²) < 4.78 is 17.7. The zero-order valence-corrected chi connectivity index (χ0v) is 25.6. The topological polar surface area (TPSA) is 94.2 Å². The van der Waals surface area contributed by atoms with Crippen LogP contribution in [0.5, 0.6) is 17.2 Å². The average molecular weight is 652 g/mol. The Hall–Kier alpha value is -4.50. The minimum Gasteiger partial charge on any atom is -0.490 e. The lowest BCUT2D eigenvalue weighted by molar-refractivity contribution is -0.122. The van der Waals surface area contributed by atoms with Gasteiger partial charge in [0.25, 0.3) is 11.8 Å². The number of ether oxygens (including phenoxy) is 3. The summed E-state index contributed by atoms with van der Waals surface area (Å²) in [5, 5.41) is 2.92. The molecule has 1 N–H and O–H groups in total. The second kappa shape index (κ2) is 13.9. The number of nitrogens with one attached hydrogen (secondary N) is 1. The number of anilines is 1. The first-order valence-electron chi connectivity index (χ1n) is 13.4. The van der Waals surface area contributed by atoms with E-state index in [1.54, 1.807) is 0 Å². The Bertz CT molecular complexity index is 1720. The van der Waals surface area contributed by atoms with Crippen molar-refractivity contribution in [2.75, 3.05) is 11.5 Å². The molecule has 0 aliphatic carbocycles. The maximum absolute atomic E-state index is 13.2. The number of barbiturate groups is 1. The molecule has 4 aromatic carbocycles. The molecule has 0 unspecified atom stereocenters. The van der Waals surface area contributed by atoms with E-state index < -0.39 is 17.8 Å². The number of carbonyl (C=O) groups excluding carboxylic acids is 3. The number of rotatable bonds is 10. The van der Waals surface area contributed by atoms with Crippen molar-refractivity contribution in [2.45, 2.75) is 20.1 Å². The molecule has 4 amide bonds. The van der Waals surface area contributed by atoms with Crippen LogP contribution in [0.1, 0.15) is 23.6 Å². The Morgan fingerprint density at radius 2 is 1.43 bits per heavy atom. The van der Waals surface area contributed by atoms with Crippen LogP contribution < -0.4 is 24.4 Å². The van der Waals surface area contributed by atoms with Crippen molar-refractivity contribution in [3.8, 4) is 17.2 Å². The first-order chi connectivity index (χ1) is 21.2. The number of halogens is 3. The number of amides is 4. The summed E-state index contributed by atoms with van der Waals surface area (Å²) >= 11 is 19.0. The van der Waals surface area contributed by atoms with Gasteiger partial charge in [0.2, 0.25) is 0 Å². The second-order valence-electron chi connectivity index (χ2n) is 9.52. The van der Waals surface area contributed by atoms with Crippen LogP contribution in [0.2, 0.25) is 15.1 Å². The van der Waals surface area contributed by atoms with Gasteiger partial charge in [-0.25, -0.2) is 9.69 Å². The van der Waals surface area contributed by atoms with Crippen molar-refractivity contribution in [3.05, 3.63) is 122 Å². The number of benzene rings is 4. The molecule has 1 aliphatic rings. The highest BCUT2D eigenvalue weighted by Gasteiger charge is 2.36. The zero-order chi connectivity index (χ0) is 31.2. The fraction of sp³-hybridized carbons (Fsp3) is 0.121. The fourth-order valence-electron chi connectivity index (χ4n) is 4.37. The van der Waals surface area contributed by atoms with Crippen LogP contribution in [0.25, 0.3) is 6.08 Å². The van der Waals surface area contributed by atoms with Crippen LogP contribution in [-0.2, 0) is 22.8 Å². The van der Waals surface area contributed by atoms with Gasteiger partial charge in [-0.3, -0.25) is 14.9 Å². The van der Waals surface area contributed by atoms with E-state index in [-0.39, 0.29) is 33.7 Å². The molecule has 1 fully saturated rings. The van der Waals surface area contributed by atoms with Crippen LogP contribution in [0, 0.1) is 0 Å². The van der Waals surface area contributed by atoms with Gasteiger partial charge < -0.3 is 14.2 Å². The van der Waals surface area contributed by atoms with Gasteiger partial charge in [0.05, 0.1) is 22.3 Å². The molecule has 1 saturated heterocycles. The van der Waals surface area contributed by atoms with Crippen LogP contribution in [0.15, 0.2) is 90.5 Å². The molecule has 0 aromatic heterocycles. The van der Waals surface area contributed by atoms with Gasteiger partial charge in [-0.1, -0.05) is 71.2 Å². The molecule has 0 bridgehead atoms. The first-order valence-corrected chi connectivity index (χ1v) is 14.6. The van der Waals surface area contributed by atoms with Gasteiger partial charge in [0.1, 0.15) is 18.8 Å². The largest absolute Gasteiger partial charge is 0.490 e. The van der Waals surface area contributed by atoms with Gasteiger partial charge in [-0.2, -0.15) is 0 Å². The minimum absolute atomic E-state index is 0.123. The molecule has 224 valence electrons. The van der Waals surface area contributed by atoms with E-state index in [1.807, 2.05) is 55.5 Å². The molecule has 5 rings (SSSR count). The van der Waals surface area contributed by atoms with E-state index in [2.05, 4.69) is 5.32 Å². The summed E-state index contributed by atoms with van der Waals surface area (Å²) in [5.41, 5.74) is 2.15. The van der Waals surface area contributed by atoms with Crippen molar-refractivity contribution in [2.24, 2.45) is 0 Å². The molecule has 0 atom stereocenters. The monoisotopic (exact) mass is 650 g/mol. The third-order valence-electron chi connectivity index (χ3n) is 6.45. The summed E-state index contributed by atoms with van der Waals surface area (Å²) in [7, 11) is 0. The lowest BCUT2D eigenvalue weighted by Gasteiger charge is -2.26. The summed E-state index contributed by atoms with van der Waals surface area (Å²) in [6.45, 7) is 2.86. The Kier molecular flexibility index (Phi) is 9.75. The quantitative estimate of drug-likeness (QED) is 0.139. The summed E-state index contributed by atoms with van der Waals surface area (Å²) in [4.78, 5) is 39.0. The van der Waals surface area contributed by atoms with E-state index in [0.29, 0.717) is 35.3 Å². The van der Waals surface area contributed by atoms with Gasteiger partial charge in [-0.15, -0.1) is 0 Å². The highest BCUT2D eigenvalue weighted by atomic mass is 35.5. The lowest BCUT2D eigenvalue weighted by atomic mass is 10.1. The summed E-state index contributed by atoms with van der Waals surface area (Å²) in [6, 6.07) is 23.5. The number of urea groups is 1. The third-order valence-corrected chi connectivity index (χ3v) is 7.26. The SMILES string of the molecule is CCOc1cc(COc2c(Cl)cc(/C=C3/C(=O)NC(=O)N(c4ccc(Cl)cc4)C3=O)cc2Cl)ccc1OCc1ccccc1. The Balaban J connectivity index is 1.31. The van der Waals surface area contributed by atoms with E-state index >= 15 is 0 Å². The average Bonchev–Trinajstić information content (AvgIpc) is 3.00.